The van der Waals surface area contributed by atoms with Crippen molar-refractivity contribution in [3.8, 4) is 11.1 Å². The monoisotopic (exact) mass is 413 g/mol. The van der Waals surface area contributed by atoms with Gasteiger partial charge in [0.05, 0.1) is 0 Å². The van der Waals surface area contributed by atoms with Gasteiger partial charge in [0.25, 0.3) is 0 Å². The van der Waals surface area contributed by atoms with Crippen LogP contribution in [0.3, 0.4) is 0 Å². The molecule has 1 aromatic heterocycles. The van der Waals surface area contributed by atoms with Crippen molar-refractivity contribution < 1.29 is 23.8 Å². The van der Waals surface area contributed by atoms with E-state index in [0.29, 0.717) is 5.58 Å². The molecular formula is C25H19NO5. The fraction of sp³-hybridized carbons (Fsp3) is 0.120. The molecule has 6 nitrogen and oxygen atoms in total. The Morgan fingerprint density at radius 1 is 0.935 bits per heavy atom. The van der Waals surface area contributed by atoms with E-state index in [0.717, 1.165) is 27.6 Å². The number of hydrogen-bond donors (Lipinski definition) is 2. The first-order valence-corrected chi connectivity index (χ1v) is 9.94. The van der Waals surface area contributed by atoms with Gasteiger partial charge in [-0.05, 0) is 34.4 Å². The summed E-state index contributed by atoms with van der Waals surface area (Å²) in [6, 6.07) is 23.5. The van der Waals surface area contributed by atoms with Gasteiger partial charge in [0.2, 0.25) is 0 Å². The van der Waals surface area contributed by atoms with Crippen molar-refractivity contribution in [2.45, 2.75) is 12.0 Å². The maximum atomic E-state index is 12.5. The fourth-order valence-electron chi connectivity index (χ4n) is 4.16. The Morgan fingerprint density at radius 3 is 2.19 bits per heavy atom. The molecular weight excluding hydrogens is 394 g/mol. The molecule has 4 aromatic rings. The number of nitrogens with one attached hydrogen (secondary N) is 1. The van der Waals surface area contributed by atoms with Gasteiger partial charge >= 0.3 is 12.1 Å². The van der Waals surface area contributed by atoms with Crippen LogP contribution in [0.5, 0.6) is 0 Å². The smallest absolute Gasteiger partial charge is 0.408 e. The summed E-state index contributed by atoms with van der Waals surface area (Å²) in [6.07, 6.45) is -0.810. The number of ether oxygens (including phenoxy) is 1. The minimum Gasteiger partial charge on any atom is -0.479 e. The lowest BCUT2D eigenvalue weighted by Gasteiger charge is -2.16. The number of carbonyl (C=O) groups is 2. The summed E-state index contributed by atoms with van der Waals surface area (Å²) in [7, 11) is 0. The Kier molecular flexibility index (Phi) is 4.67. The Hall–Kier alpha value is -4.06. The molecule has 0 unspecified atom stereocenters. The van der Waals surface area contributed by atoms with Gasteiger partial charge in [-0.3, -0.25) is 0 Å². The number of furan rings is 1. The highest BCUT2D eigenvalue weighted by Gasteiger charge is 2.30. The Balaban J connectivity index is 1.33. The molecule has 1 amide bonds. The zero-order valence-corrected chi connectivity index (χ0v) is 16.4. The highest BCUT2D eigenvalue weighted by Crippen LogP contribution is 2.44. The van der Waals surface area contributed by atoms with Gasteiger partial charge in [-0.25, -0.2) is 9.59 Å². The van der Waals surface area contributed by atoms with E-state index in [-0.39, 0.29) is 18.3 Å². The van der Waals surface area contributed by atoms with Gasteiger partial charge in [-0.1, -0.05) is 66.7 Å². The molecule has 0 saturated heterocycles. The quantitative estimate of drug-likeness (QED) is 0.475. The molecule has 2 N–H and O–H groups in total. The van der Waals surface area contributed by atoms with Crippen LogP contribution in [0.15, 0.2) is 83.3 Å². The first-order chi connectivity index (χ1) is 15.1. The van der Waals surface area contributed by atoms with E-state index in [4.69, 9.17) is 9.15 Å². The Bertz CT molecular complexity index is 1210. The molecule has 3 aromatic carbocycles. The third kappa shape index (κ3) is 3.42. The maximum Gasteiger partial charge on any atom is 0.408 e. The van der Waals surface area contributed by atoms with Crippen molar-refractivity contribution >= 4 is 23.0 Å². The van der Waals surface area contributed by atoms with E-state index in [9.17, 15) is 14.7 Å². The van der Waals surface area contributed by atoms with E-state index < -0.39 is 18.1 Å². The standard InChI is InChI=1S/C25H19NO5/c27-24(28)23(22-13-15-7-1-6-12-21(15)31-22)26-25(29)30-14-20-18-10-4-2-8-16(18)17-9-3-5-11-19(17)20/h1-13,20,23H,14H2,(H,26,29)(H,27,28)/t23-/m0/s1. The van der Waals surface area contributed by atoms with Gasteiger partial charge in [-0.2, -0.15) is 0 Å². The van der Waals surface area contributed by atoms with Crippen molar-refractivity contribution in [3.63, 3.8) is 0 Å². The fourth-order valence-corrected chi connectivity index (χ4v) is 4.16. The van der Waals surface area contributed by atoms with Gasteiger partial charge in [0, 0.05) is 11.3 Å². The molecule has 0 spiro atoms. The van der Waals surface area contributed by atoms with Crippen LogP contribution in [0.25, 0.3) is 22.1 Å². The van der Waals surface area contributed by atoms with Crippen LogP contribution in [0.4, 0.5) is 4.79 Å². The van der Waals surface area contributed by atoms with Crippen molar-refractivity contribution in [2.24, 2.45) is 0 Å². The summed E-state index contributed by atoms with van der Waals surface area (Å²) in [5.74, 6) is -1.19. The molecule has 1 heterocycles. The van der Waals surface area contributed by atoms with E-state index in [1.54, 1.807) is 18.2 Å². The Morgan fingerprint density at radius 2 is 1.55 bits per heavy atom. The molecule has 0 aliphatic heterocycles. The maximum absolute atomic E-state index is 12.5. The second-order valence-electron chi connectivity index (χ2n) is 7.43. The molecule has 5 rings (SSSR count). The topological polar surface area (TPSA) is 88.8 Å². The largest absolute Gasteiger partial charge is 0.479 e. The number of para-hydroxylation sites is 1. The molecule has 0 fully saturated rings. The Labute approximate surface area is 178 Å². The summed E-state index contributed by atoms with van der Waals surface area (Å²) in [5, 5.41) is 12.8. The number of carboxylic acid groups (broad SMARTS) is 1. The third-order valence-corrected chi connectivity index (χ3v) is 5.58. The SMILES string of the molecule is O=C(N[C@H](C(=O)O)c1cc2ccccc2o1)OCC1c2ccccc2-c2ccccc21. The number of amides is 1. The van der Waals surface area contributed by atoms with E-state index in [1.807, 2.05) is 48.5 Å². The third-order valence-electron chi connectivity index (χ3n) is 5.58. The number of carbonyl (C=O) groups excluding carboxylic acids is 1. The lowest BCUT2D eigenvalue weighted by molar-refractivity contribution is -0.140. The highest BCUT2D eigenvalue weighted by atomic mass is 16.5. The lowest BCUT2D eigenvalue weighted by Crippen LogP contribution is -2.34. The minimum absolute atomic E-state index is 0.104. The first-order valence-electron chi connectivity index (χ1n) is 9.94. The molecule has 1 aliphatic carbocycles. The summed E-state index contributed by atoms with van der Waals surface area (Å²) < 4.78 is 11.1. The lowest BCUT2D eigenvalue weighted by atomic mass is 9.98. The molecule has 0 saturated carbocycles. The predicted octanol–water partition coefficient (Wildman–Crippen LogP) is 5.10. The second kappa shape index (κ2) is 7.65. The number of rotatable bonds is 5. The van der Waals surface area contributed by atoms with Crippen molar-refractivity contribution in [3.05, 3.63) is 95.7 Å². The summed E-state index contributed by atoms with van der Waals surface area (Å²) >= 11 is 0. The zero-order chi connectivity index (χ0) is 21.4. The molecule has 31 heavy (non-hydrogen) atoms. The summed E-state index contributed by atoms with van der Waals surface area (Å²) in [6.45, 7) is 0.104. The summed E-state index contributed by atoms with van der Waals surface area (Å²) in [4.78, 5) is 24.3. The van der Waals surface area contributed by atoms with Crippen molar-refractivity contribution in [1.29, 1.82) is 0 Å². The van der Waals surface area contributed by atoms with Crippen LogP contribution in [0.1, 0.15) is 28.8 Å². The van der Waals surface area contributed by atoms with Crippen LogP contribution in [-0.2, 0) is 9.53 Å². The summed E-state index contributed by atoms with van der Waals surface area (Å²) in [5.41, 5.74) is 4.97. The van der Waals surface area contributed by atoms with Crippen molar-refractivity contribution in [2.75, 3.05) is 6.61 Å². The van der Waals surface area contributed by atoms with Crippen molar-refractivity contribution in [1.82, 2.24) is 5.32 Å². The van der Waals surface area contributed by atoms with Gasteiger partial charge in [0.1, 0.15) is 18.0 Å². The van der Waals surface area contributed by atoms with E-state index in [2.05, 4.69) is 17.4 Å². The molecule has 154 valence electrons. The number of benzene rings is 3. The predicted molar refractivity (Wildman–Crippen MR) is 115 cm³/mol. The van der Waals surface area contributed by atoms with Crippen LogP contribution in [0.2, 0.25) is 0 Å². The van der Waals surface area contributed by atoms with Crippen LogP contribution in [0, 0.1) is 0 Å². The van der Waals surface area contributed by atoms with Gasteiger partial charge < -0.3 is 19.6 Å². The number of aliphatic carboxylic acids is 1. The first kappa shape index (κ1) is 18.9. The second-order valence-corrected chi connectivity index (χ2v) is 7.43. The molecule has 0 radical (unpaired) electrons. The van der Waals surface area contributed by atoms with Gasteiger partial charge in [-0.15, -0.1) is 0 Å². The number of hydrogen-bond acceptors (Lipinski definition) is 4. The normalized spacial score (nSPS) is 13.4. The van der Waals surface area contributed by atoms with E-state index >= 15 is 0 Å². The van der Waals surface area contributed by atoms with Crippen LogP contribution in [-0.4, -0.2) is 23.8 Å². The van der Waals surface area contributed by atoms with E-state index in [1.165, 1.54) is 0 Å². The molecule has 6 heteroatoms. The highest BCUT2D eigenvalue weighted by molar-refractivity contribution is 5.84. The zero-order valence-electron chi connectivity index (χ0n) is 16.4. The average molecular weight is 413 g/mol. The van der Waals surface area contributed by atoms with Gasteiger partial charge in [0.15, 0.2) is 6.04 Å². The number of fused-ring (bicyclic) bond motifs is 4. The number of carboxylic acids is 1. The van der Waals surface area contributed by atoms with Crippen LogP contribution >= 0.6 is 0 Å². The molecule has 1 atom stereocenters. The molecule has 0 bridgehead atoms. The van der Waals surface area contributed by atoms with Crippen LogP contribution < -0.4 is 5.32 Å². The number of alkyl carbamates (subject to hydrolysis) is 1. The molecule has 1 aliphatic rings. The average Bonchev–Trinajstić information content (AvgIpc) is 3.35. The minimum atomic E-state index is -1.34.